The molecule has 4 unspecified atom stereocenters. The van der Waals surface area contributed by atoms with E-state index in [9.17, 15) is 28.8 Å². The normalized spacial score (nSPS) is 24.4. The molecule has 294 valence electrons. The van der Waals surface area contributed by atoms with E-state index in [-0.39, 0.29) is 51.3 Å². The molecule has 0 aliphatic heterocycles. The third-order valence-electron chi connectivity index (χ3n) is 9.86. The molecule has 1 aromatic heterocycles. The quantitative estimate of drug-likeness (QED) is 0.155. The fourth-order valence-electron chi connectivity index (χ4n) is 8.70. The van der Waals surface area contributed by atoms with Gasteiger partial charge in [-0.1, -0.05) is 53.7 Å². The van der Waals surface area contributed by atoms with Gasteiger partial charge in [0.05, 0.1) is 0 Å². The lowest BCUT2D eigenvalue weighted by Crippen LogP contribution is -2.53. The molecule has 16 heteroatoms. The van der Waals surface area contributed by atoms with Crippen molar-refractivity contribution < 1.29 is 24.0 Å². The van der Waals surface area contributed by atoms with Crippen molar-refractivity contribution in [2.45, 2.75) is 99.1 Å². The Bertz CT molecular complexity index is 1810. The highest BCUT2D eigenvalue weighted by molar-refractivity contribution is 6.02. The lowest BCUT2D eigenvalue weighted by molar-refractivity contribution is -0.115. The second-order valence-electron chi connectivity index (χ2n) is 17.3. The molecule has 1 aromatic carbocycles. The SMILES string of the molecule is Cc1cc(=O)[nH]c(NC(=O)NCC2(C)CC(NC(=O)NC(=O)C=Cc3ccc(NC(=O)NC4CC(C)(C)CC(C)(CNC(N)=O)C4)cc3)CC(C)(C)C2)n1. The van der Waals surface area contributed by atoms with E-state index in [0.717, 1.165) is 19.3 Å². The summed E-state index contributed by atoms with van der Waals surface area (Å²) in [5.74, 6) is -0.543. The molecule has 0 spiro atoms. The van der Waals surface area contributed by atoms with Gasteiger partial charge < -0.3 is 32.3 Å². The molecule has 2 aliphatic carbocycles. The predicted octanol–water partition coefficient (Wildman–Crippen LogP) is 4.70. The van der Waals surface area contributed by atoms with Crippen LogP contribution in [0.3, 0.4) is 0 Å². The molecule has 2 aliphatic rings. The highest BCUT2D eigenvalue weighted by Gasteiger charge is 2.43. The molecule has 9 amide bonds. The van der Waals surface area contributed by atoms with Crippen molar-refractivity contribution in [1.82, 2.24) is 36.6 Å². The Labute approximate surface area is 316 Å². The van der Waals surface area contributed by atoms with Gasteiger partial charge in [0, 0.05) is 48.7 Å². The summed E-state index contributed by atoms with van der Waals surface area (Å²) < 4.78 is 0. The maximum atomic E-state index is 12.9. The smallest absolute Gasteiger partial charge is 0.321 e. The Balaban J connectivity index is 1.23. The number of primary amides is 1. The Kier molecular flexibility index (Phi) is 12.8. The molecule has 16 nitrogen and oxygen atoms in total. The molecule has 2 saturated carbocycles. The highest BCUT2D eigenvalue weighted by Crippen LogP contribution is 2.46. The number of carbonyl (C=O) groups is 5. The van der Waals surface area contributed by atoms with Gasteiger partial charge in [-0.15, -0.1) is 0 Å². The number of nitrogens with one attached hydrogen (secondary N) is 8. The van der Waals surface area contributed by atoms with Crippen LogP contribution >= 0.6 is 0 Å². The number of anilines is 2. The molecule has 0 radical (unpaired) electrons. The number of aromatic amines is 1. The van der Waals surface area contributed by atoms with Gasteiger partial charge in [-0.25, -0.2) is 24.2 Å². The molecule has 1 heterocycles. The summed E-state index contributed by atoms with van der Waals surface area (Å²) in [6.45, 7) is 15.0. The topological polar surface area (TPSA) is 241 Å². The molecular weight excluding hydrogens is 692 g/mol. The number of nitrogens with zero attached hydrogens (tertiary/aromatic N) is 1. The van der Waals surface area contributed by atoms with Gasteiger partial charge in [-0.05, 0) is 90.9 Å². The first-order valence-corrected chi connectivity index (χ1v) is 18.2. The Hall–Kier alpha value is -5.41. The largest absolute Gasteiger partial charge is 0.352 e. The first kappa shape index (κ1) is 41.3. The Morgan fingerprint density at radius 2 is 1.35 bits per heavy atom. The number of amides is 9. The Morgan fingerprint density at radius 3 is 1.91 bits per heavy atom. The number of rotatable bonds is 10. The standard InChI is InChI=1S/C38H56N10O6/c1-23-14-29(50)46-31(42-23)48-32(52)41-22-38(7)18-27(16-36(4,5)20-38)45-34(54)47-28(49)13-10-24-8-11-25(12-9-24)43-33(53)44-26-15-35(2,3)19-37(6,17-26)21-40-30(39)51/h8-14,26-27H,15-22H2,1-7H3,(H3,39,40,51)(H2,43,44,53)(H2,45,47,49,54)(H3,41,42,46,48,50,52). The van der Waals surface area contributed by atoms with Gasteiger partial charge in [0.2, 0.25) is 5.95 Å². The maximum Gasteiger partial charge on any atom is 0.321 e. The van der Waals surface area contributed by atoms with Crippen molar-refractivity contribution >= 4 is 47.7 Å². The lowest BCUT2D eigenvalue weighted by Gasteiger charge is -2.46. The number of urea groups is 4. The summed E-state index contributed by atoms with van der Waals surface area (Å²) >= 11 is 0. The van der Waals surface area contributed by atoms with Gasteiger partial charge in [-0.3, -0.25) is 25.2 Å². The van der Waals surface area contributed by atoms with Gasteiger partial charge in [0.15, 0.2) is 0 Å². The zero-order valence-electron chi connectivity index (χ0n) is 32.3. The molecule has 4 rings (SSSR count). The molecule has 2 fully saturated rings. The van der Waals surface area contributed by atoms with Crippen molar-refractivity contribution in [2.24, 2.45) is 27.4 Å². The van der Waals surface area contributed by atoms with Crippen LogP contribution in [0.5, 0.6) is 0 Å². The number of aryl methyl sites for hydroxylation is 1. The van der Waals surface area contributed by atoms with Crippen LogP contribution in [-0.4, -0.2) is 65.2 Å². The lowest BCUT2D eigenvalue weighted by atomic mass is 9.62. The number of nitrogens with two attached hydrogens (primary N) is 1. The maximum absolute atomic E-state index is 12.9. The number of carbonyl (C=O) groups excluding carboxylic acids is 5. The summed E-state index contributed by atoms with van der Waals surface area (Å²) in [4.78, 5) is 80.5. The van der Waals surface area contributed by atoms with E-state index in [0.29, 0.717) is 49.3 Å². The van der Waals surface area contributed by atoms with Crippen LogP contribution in [0, 0.1) is 28.6 Å². The molecule has 54 heavy (non-hydrogen) atoms. The minimum atomic E-state index is -0.619. The van der Waals surface area contributed by atoms with E-state index >= 15 is 0 Å². The van der Waals surface area contributed by atoms with E-state index in [2.05, 4.69) is 81.8 Å². The highest BCUT2D eigenvalue weighted by atomic mass is 16.2. The van der Waals surface area contributed by atoms with Crippen LogP contribution in [0.2, 0.25) is 0 Å². The fourth-order valence-corrected chi connectivity index (χ4v) is 8.70. The van der Waals surface area contributed by atoms with Crippen LogP contribution < -0.4 is 48.5 Å². The third kappa shape index (κ3) is 13.2. The number of imide groups is 1. The summed E-state index contributed by atoms with van der Waals surface area (Å²) in [7, 11) is 0. The molecular formula is C38H56N10O6. The monoisotopic (exact) mass is 748 g/mol. The van der Waals surface area contributed by atoms with Gasteiger partial charge >= 0.3 is 24.1 Å². The Morgan fingerprint density at radius 1 is 0.796 bits per heavy atom. The first-order valence-electron chi connectivity index (χ1n) is 18.2. The van der Waals surface area contributed by atoms with E-state index in [1.165, 1.54) is 12.1 Å². The minimum Gasteiger partial charge on any atom is -0.352 e. The zero-order valence-corrected chi connectivity index (χ0v) is 32.3. The number of hydrogen-bond acceptors (Lipinski definition) is 7. The van der Waals surface area contributed by atoms with Gasteiger partial charge in [0.1, 0.15) is 0 Å². The predicted molar refractivity (Wildman–Crippen MR) is 208 cm³/mol. The summed E-state index contributed by atoms with van der Waals surface area (Å²) in [6.07, 6.45) is 7.25. The number of benzene rings is 1. The number of aromatic nitrogens is 2. The first-order chi connectivity index (χ1) is 25.1. The zero-order chi connectivity index (χ0) is 39.9. The van der Waals surface area contributed by atoms with Crippen molar-refractivity contribution in [2.75, 3.05) is 23.7 Å². The third-order valence-corrected chi connectivity index (χ3v) is 9.86. The fraction of sp³-hybridized carbons (Fsp3) is 0.553. The van der Waals surface area contributed by atoms with Crippen molar-refractivity contribution in [1.29, 1.82) is 0 Å². The van der Waals surface area contributed by atoms with Crippen molar-refractivity contribution in [3.05, 3.63) is 58.0 Å². The molecule has 0 saturated heterocycles. The summed E-state index contributed by atoms with van der Waals surface area (Å²) in [5, 5.41) is 19.3. The average molecular weight is 749 g/mol. The van der Waals surface area contributed by atoms with Crippen LogP contribution in [-0.2, 0) is 4.79 Å². The second kappa shape index (κ2) is 16.7. The van der Waals surface area contributed by atoms with Gasteiger partial charge in [-0.2, -0.15) is 0 Å². The summed E-state index contributed by atoms with van der Waals surface area (Å²) in [6, 6.07) is 5.87. The number of hydrogen-bond donors (Lipinski definition) is 9. The van der Waals surface area contributed by atoms with E-state index in [1.54, 1.807) is 37.3 Å². The van der Waals surface area contributed by atoms with E-state index in [1.807, 2.05) is 6.92 Å². The average Bonchev–Trinajstić information content (AvgIpc) is 3.00. The van der Waals surface area contributed by atoms with E-state index < -0.39 is 24.0 Å². The van der Waals surface area contributed by atoms with Crippen LogP contribution in [0.15, 0.2) is 41.2 Å². The van der Waals surface area contributed by atoms with Crippen LogP contribution in [0.1, 0.15) is 91.3 Å². The van der Waals surface area contributed by atoms with E-state index in [4.69, 9.17) is 5.73 Å². The number of H-pyrrole nitrogens is 1. The molecule has 10 N–H and O–H groups in total. The second-order valence-corrected chi connectivity index (χ2v) is 17.3. The molecule has 0 bridgehead atoms. The summed E-state index contributed by atoms with van der Waals surface area (Å²) in [5.41, 5.74) is 5.89. The van der Waals surface area contributed by atoms with Gasteiger partial charge in [0.25, 0.3) is 11.5 Å². The van der Waals surface area contributed by atoms with Crippen LogP contribution in [0.25, 0.3) is 6.08 Å². The molecule has 4 atom stereocenters. The van der Waals surface area contributed by atoms with Crippen molar-refractivity contribution in [3.8, 4) is 0 Å². The minimum absolute atomic E-state index is 0.0374. The molecule has 2 aromatic rings. The van der Waals surface area contributed by atoms with Crippen LogP contribution in [0.4, 0.5) is 30.8 Å². The van der Waals surface area contributed by atoms with Crippen molar-refractivity contribution in [3.63, 3.8) is 0 Å².